The van der Waals surface area contributed by atoms with E-state index in [-0.39, 0.29) is 17.0 Å². The first-order valence-electron chi connectivity index (χ1n) is 6.51. The van der Waals surface area contributed by atoms with E-state index in [0.717, 1.165) is 37.8 Å². The Hall–Kier alpha value is -1.78. The van der Waals surface area contributed by atoms with Crippen molar-refractivity contribution in [1.82, 2.24) is 0 Å². The van der Waals surface area contributed by atoms with Crippen LogP contribution in [0.3, 0.4) is 0 Å². The van der Waals surface area contributed by atoms with E-state index < -0.39 is 11.8 Å². The van der Waals surface area contributed by atoms with Gasteiger partial charge in [-0.15, -0.1) is 0 Å². The molecule has 5 heteroatoms. The maximum Gasteiger partial charge on any atom is 0.337 e. The maximum atomic E-state index is 13.5. The molecule has 3 N–H and O–H groups in total. The number of carboxylic acids is 1. The van der Waals surface area contributed by atoms with E-state index in [1.807, 2.05) is 0 Å². The topological polar surface area (TPSA) is 72.5 Å². The number of rotatable bonds is 8. The average Bonchev–Trinajstić information content (AvgIpc) is 2.35. The lowest BCUT2D eigenvalue weighted by Gasteiger charge is -2.09. The lowest BCUT2D eigenvalue weighted by molar-refractivity contribution is 0.0697. The zero-order chi connectivity index (χ0) is 14.3. The minimum Gasteiger partial charge on any atom is -0.490 e. The van der Waals surface area contributed by atoms with Crippen molar-refractivity contribution in [2.75, 3.05) is 12.3 Å². The van der Waals surface area contributed by atoms with Crippen LogP contribution in [0.2, 0.25) is 0 Å². The average molecular weight is 269 g/mol. The number of ether oxygens (including phenoxy) is 1. The highest BCUT2D eigenvalue weighted by Gasteiger charge is 2.13. The Labute approximate surface area is 112 Å². The van der Waals surface area contributed by atoms with Gasteiger partial charge in [0.15, 0.2) is 11.6 Å². The fourth-order valence-electron chi connectivity index (χ4n) is 1.75. The summed E-state index contributed by atoms with van der Waals surface area (Å²) in [4.78, 5) is 10.9. The highest BCUT2D eigenvalue weighted by atomic mass is 19.1. The van der Waals surface area contributed by atoms with E-state index in [1.54, 1.807) is 0 Å². The molecule has 0 unspecified atom stereocenters. The second kappa shape index (κ2) is 7.61. The van der Waals surface area contributed by atoms with Crippen molar-refractivity contribution in [3.63, 3.8) is 0 Å². The van der Waals surface area contributed by atoms with Crippen molar-refractivity contribution in [3.05, 3.63) is 23.5 Å². The van der Waals surface area contributed by atoms with Crippen molar-refractivity contribution < 1.29 is 19.0 Å². The number of anilines is 1. The third kappa shape index (κ3) is 4.77. The number of nitrogens with two attached hydrogens (primary N) is 1. The molecule has 0 amide bonds. The summed E-state index contributed by atoms with van der Waals surface area (Å²) in [6.07, 6.45) is 5.32. The quantitative estimate of drug-likeness (QED) is 0.560. The Morgan fingerprint density at radius 1 is 1.32 bits per heavy atom. The Balaban J connectivity index is 2.53. The van der Waals surface area contributed by atoms with E-state index >= 15 is 0 Å². The molecule has 0 aliphatic carbocycles. The van der Waals surface area contributed by atoms with Gasteiger partial charge in [-0.2, -0.15) is 0 Å². The van der Waals surface area contributed by atoms with Gasteiger partial charge in [-0.1, -0.05) is 32.6 Å². The molecule has 1 rings (SSSR count). The predicted molar refractivity (Wildman–Crippen MR) is 72.0 cm³/mol. The van der Waals surface area contributed by atoms with E-state index in [9.17, 15) is 9.18 Å². The van der Waals surface area contributed by atoms with Crippen LogP contribution in [0.15, 0.2) is 12.1 Å². The number of halogens is 1. The summed E-state index contributed by atoms with van der Waals surface area (Å²) in [5, 5.41) is 8.89. The van der Waals surface area contributed by atoms with Crippen molar-refractivity contribution >= 4 is 11.7 Å². The molecule has 1 aromatic carbocycles. The number of carboxylic acid groups (broad SMARTS) is 1. The molecule has 1 aromatic rings. The Bertz CT molecular complexity index is 435. The fraction of sp³-hybridized carbons (Fsp3) is 0.500. The molecule has 0 aliphatic heterocycles. The molecular weight excluding hydrogens is 249 g/mol. The second-order valence-corrected chi connectivity index (χ2v) is 4.44. The SMILES string of the molecule is CCCCCCCOc1cc(C(=O)O)c(N)cc1F. The summed E-state index contributed by atoms with van der Waals surface area (Å²) in [5.41, 5.74) is 5.19. The van der Waals surface area contributed by atoms with Crippen LogP contribution >= 0.6 is 0 Å². The zero-order valence-electron chi connectivity index (χ0n) is 11.1. The standard InChI is InChI=1S/C14H20FNO3/c1-2-3-4-5-6-7-19-13-8-10(14(17)18)12(16)9-11(13)15/h8-9H,2-7,16H2,1H3,(H,17,18). The summed E-state index contributed by atoms with van der Waals surface area (Å²) >= 11 is 0. The summed E-state index contributed by atoms with van der Waals surface area (Å²) in [5.74, 6) is -1.87. The summed E-state index contributed by atoms with van der Waals surface area (Å²) in [6, 6.07) is 2.12. The van der Waals surface area contributed by atoms with Gasteiger partial charge in [-0.3, -0.25) is 0 Å². The number of carbonyl (C=O) groups is 1. The second-order valence-electron chi connectivity index (χ2n) is 4.44. The first-order valence-corrected chi connectivity index (χ1v) is 6.51. The molecule has 106 valence electrons. The number of aromatic carboxylic acids is 1. The van der Waals surface area contributed by atoms with Crippen LogP contribution in [0.25, 0.3) is 0 Å². The van der Waals surface area contributed by atoms with E-state index in [0.29, 0.717) is 6.61 Å². The molecule has 0 saturated heterocycles. The summed E-state index contributed by atoms with van der Waals surface area (Å²) < 4.78 is 18.8. The van der Waals surface area contributed by atoms with Crippen LogP contribution in [0.5, 0.6) is 5.75 Å². The number of hydrogen-bond donors (Lipinski definition) is 2. The van der Waals surface area contributed by atoms with Gasteiger partial charge >= 0.3 is 5.97 Å². The van der Waals surface area contributed by atoms with Gasteiger partial charge in [-0.25, -0.2) is 9.18 Å². The summed E-state index contributed by atoms with van der Waals surface area (Å²) in [7, 11) is 0. The Kier molecular flexibility index (Phi) is 6.12. The number of benzene rings is 1. The number of hydrogen-bond acceptors (Lipinski definition) is 3. The van der Waals surface area contributed by atoms with Crippen LogP contribution in [0.1, 0.15) is 49.4 Å². The normalized spacial score (nSPS) is 10.4. The largest absolute Gasteiger partial charge is 0.490 e. The van der Waals surface area contributed by atoms with Gasteiger partial charge in [0, 0.05) is 11.8 Å². The Morgan fingerprint density at radius 3 is 2.63 bits per heavy atom. The monoisotopic (exact) mass is 269 g/mol. The third-order valence-electron chi connectivity index (χ3n) is 2.84. The van der Waals surface area contributed by atoms with Gasteiger partial charge in [0.25, 0.3) is 0 Å². The molecule has 0 atom stereocenters. The highest BCUT2D eigenvalue weighted by Crippen LogP contribution is 2.24. The molecule has 0 fully saturated rings. The molecule has 0 spiro atoms. The van der Waals surface area contributed by atoms with Crippen LogP contribution in [-0.4, -0.2) is 17.7 Å². The van der Waals surface area contributed by atoms with Crippen molar-refractivity contribution in [2.45, 2.75) is 39.0 Å². The van der Waals surface area contributed by atoms with Gasteiger partial charge in [0.05, 0.1) is 12.2 Å². The van der Waals surface area contributed by atoms with E-state index in [4.69, 9.17) is 15.6 Å². The smallest absolute Gasteiger partial charge is 0.337 e. The minimum atomic E-state index is -1.19. The maximum absolute atomic E-state index is 13.5. The van der Waals surface area contributed by atoms with Gasteiger partial charge in [0.2, 0.25) is 0 Å². The van der Waals surface area contributed by atoms with Gasteiger partial charge in [0.1, 0.15) is 0 Å². The molecule has 0 saturated carbocycles. The highest BCUT2D eigenvalue weighted by molar-refractivity contribution is 5.94. The lowest BCUT2D eigenvalue weighted by Crippen LogP contribution is -2.06. The zero-order valence-corrected chi connectivity index (χ0v) is 11.1. The molecule has 0 radical (unpaired) electrons. The molecule has 19 heavy (non-hydrogen) atoms. The van der Waals surface area contributed by atoms with Crippen LogP contribution in [-0.2, 0) is 0 Å². The van der Waals surface area contributed by atoms with Crippen molar-refractivity contribution in [2.24, 2.45) is 0 Å². The molecule has 0 bridgehead atoms. The molecule has 0 aromatic heterocycles. The third-order valence-corrected chi connectivity index (χ3v) is 2.84. The molecular formula is C14H20FNO3. The Morgan fingerprint density at radius 2 is 2.00 bits per heavy atom. The van der Waals surface area contributed by atoms with Crippen molar-refractivity contribution in [3.8, 4) is 5.75 Å². The first-order chi connectivity index (χ1) is 9.06. The van der Waals surface area contributed by atoms with Crippen molar-refractivity contribution in [1.29, 1.82) is 0 Å². The molecule has 4 nitrogen and oxygen atoms in total. The molecule has 0 aliphatic rings. The molecule has 0 heterocycles. The van der Waals surface area contributed by atoms with Crippen LogP contribution < -0.4 is 10.5 Å². The number of unbranched alkanes of at least 4 members (excludes halogenated alkanes) is 4. The van der Waals surface area contributed by atoms with Crippen LogP contribution in [0, 0.1) is 5.82 Å². The van der Waals surface area contributed by atoms with Gasteiger partial charge < -0.3 is 15.6 Å². The lowest BCUT2D eigenvalue weighted by atomic mass is 10.1. The van der Waals surface area contributed by atoms with Crippen LogP contribution in [0.4, 0.5) is 10.1 Å². The fourth-order valence-corrected chi connectivity index (χ4v) is 1.75. The minimum absolute atomic E-state index is 0.0536. The number of nitrogen functional groups attached to an aromatic ring is 1. The summed E-state index contributed by atoms with van der Waals surface area (Å²) in [6.45, 7) is 2.51. The first kappa shape index (κ1) is 15.3. The van der Waals surface area contributed by atoms with E-state index in [1.165, 1.54) is 6.42 Å². The van der Waals surface area contributed by atoms with Gasteiger partial charge in [-0.05, 0) is 12.5 Å². The van der Waals surface area contributed by atoms with E-state index in [2.05, 4.69) is 6.92 Å². The predicted octanol–water partition coefficient (Wildman–Crippen LogP) is 3.46.